The minimum atomic E-state index is -1.42. The van der Waals surface area contributed by atoms with E-state index in [0.717, 1.165) is 0 Å². The van der Waals surface area contributed by atoms with E-state index in [9.17, 15) is 4.79 Å². The molecule has 0 radical (unpaired) electrons. The van der Waals surface area contributed by atoms with Gasteiger partial charge in [-0.15, -0.1) is 0 Å². The van der Waals surface area contributed by atoms with Crippen molar-refractivity contribution in [3.05, 3.63) is 0 Å². The highest BCUT2D eigenvalue weighted by molar-refractivity contribution is 5.81. The monoisotopic (exact) mass is 163 g/mol. The van der Waals surface area contributed by atoms with Gasteiger partial charge in [0, 0.05) is 6.42 Å². The molecule has 4 heteroatoms. The Bertz CT molecular complexity index is 114. The fraction of sp³-hybridized carbons (Fsp3) is 0.857. The predicted molar refractivity (Wildman–Crippen MR) is 43.1 cm³/mol. The molecule has 1 unspecified atom stereocenters. The Morgan fingerprint density at radius 2 is 2.00 bits per heavy atom. The van der Waals surface area contributed by atoms with Crippen molar-refractivity contribution in [2.45, 2.75) is 33.1 Å². The van der Waals surface area contributed by atoms with E-state index in [1.807, 2.05) is 0 Å². The zero-order valence-corrected chi connectivity index (χ0v) is 6.16. The third-order valence-corrected chi connectivity index (χ3v) is 1.29. The van der Waals surface area contributed by atoms with Crippen molar-refractivity contribution in [2.75, 3.05) is 7.05 Å². The van der Waals surface area contributed by atoms with Crippen molar-refractivity contribution < 1.29 is 15.0 Å². The van der Waals surface area contributed by atoms with Crippen LogP contribution in [0.25, 0.3) is 0 Å². The van der Waals surface area contributed by atoms with Crippen LogP contribution in [-0.4, -0.2) is 35.4 Å². The van der Waals surface area contributed by atoms with E-state index in [1.54, 1.807) is 7.05 Å². The van der Waals surface area contributed by atoms with E-state index in [4.69, 9.17) is 10.2 Å². The molecule has 3 N–H and O–H groups in total. The van der Waals surface area contributed by atoms with Crippen LogP contribution in [0.3, 0.4) is 0 Å². The summed E-state index contributed by atoms with van der Waals surface area (Å²) in [5.74, 6) is -0.0874. The van der Waals surface area contributed by atoms with Gasteiger partial charge in [0.25, 0.3) is 0 Å². The molecule has 0 saturated carbocycles. The molecule has 0 aromatic heterocycles. The molecule has 0 fully saturated rings. The molecule has 0 saturated heterocycles. The molecule has 4 nitrogen and oxygen atoms in total. The maximum Gasteiger partial charge on any atom is 0.153 e. The van der Waals surface area contributed by atoms with E-state index in [-0.39, 0.29) is 19.6 Å². The van der Waals surface area contributed by atoms with Crippen LogP contribution in [0, 0.1) is 0 Å². The number of Topliss-reactive ketones (excluding diaryl/α,β-unsaturated/α-hetero) is 1. The van der Waals surface area contributed by atoms with Crippen LogP contribution in [0.2, 0.25) is 0 Å². The lowest BCUT2D eigenvalue weighted by Crippen LogP contribution is -2.35. The summed E-state index contributed by atoms with van der Waals surface area (Å²) >= 11 is 0. The Morgan fingerprint density at radius 1 is 1.55 bits per heavy atom. The van der Waals surface area contributed by atoms with Crippen LogP contribution in [0.5, 0.6) is 0 Å². The molecule has 68 valence electrons. The largest absolute Gasteiger partial charge is 0.368 e. The highest BCUT2D eigenvalue weighted by atomic mass is 16.5. The first-order chi connectivity index (χ1) is 4.57. The number of ketones is 1. The summed E-state index contributed by atoms with van der Waals surface area (Å²) in [5, 5.41) is 19.6. The van der Waals surface area contributed by atoms with Gasteiger partial charge in [-0.1, -0.05) is 7.43 Å². The highest BCUT2D eigenvalue weighted by Gasteiger charge is 2.14. The van der Waals surface area contributed by atoms with Crippen molar-refractivity contribution in [1.29, 1.82) is 0 Å². The van der Waals surface area contributed by atoms with Crippen LogP contribution in [0.15, 0.2) is 0 Å². The first-order valence-corrected chi connectivity index (χ1v) is 3.11. The summed E-state index contributed by atoms with van der Waals surface area (Å²) in [6.45, 7) is 1.41. The zero-order valence-electron chi connectivity index (χ0n) is 6.16. The summed E-state index contributed by atoms with van der Waals surface area (Å²) in [5.41, 5.74) is 0. The minimum absolute atomic E-state index is 0. The number of hydrogen-bond acceptors (Lipinski definition) is 4. The second-order valence-corrected chi connectivity index (χ2v) is 2.17. The van der Waals surface area contributed by atoms with Crippen molar-refractivity contribution >= 4 is 5.78 Å². The van der Waals surface area contributed by atoms with Gasteiger partial charge in [-0.25, -0.2) is 0 Å². The molecule has 1 atom stereocenters. The fourth-order valence-electron chi connectivity index (χ4n) is 0.698. The Hall–Kier alpha value is -0.450. The topological polar surface area (TPSA) is 69.6 Å². The molecule has 0 spiro atoms. The molecule has 0 aromatic carbocycles. The average molecular weight is 163 g/mol. The van der Waals surface area contributed by atoms with Gasteiger partial charge in [0.1, 0.15) is 5.78 Å². The third kappa shape index (κ3) is 5.97. The minimum Gasteiger partial charge on any atom is -0.368 e. The van der Waals surface area contributed by atoms with Gasteiger partial charge < -0.3 is 15.5 Å². The quantitative estimate of drug-likeness (QED) is 0.489. The summed E-state index contributed by atoms with van der Waals surface area (Å²) < 4.78 is 0. The first-order valence-electron chi connectivity index (χ1n) is 3.11. The second-order valence-electron chi connectivity index (χ2n) is 2.17. The molecule has 0 aromatic rings. The standard InChI is InChI=1S/C6H13NO3.CH4/c1-4(8)5(7-2)3-6(9)10;/h5-7,9-10H,3H2,1-2H3;1H4. The third-order valence-electron chi connectivity index (χ3n) is 1.29. The van der Waals surface area contributed by atoms with Crippen LogP contribution in [-0.2, 0) is 4.79 Å². The highest BCUT2D eigenvalue weighted by Crippen LogP contribution is 1.95. The maximum absolute atomic E-state index is 10.6. The molecule has 0 amide bonds. The Balaban J connectivity index is 0. The van der Waals surface area contributed by atoms with Crippen molar-refractivity contribution in [2.24, 2.45) is 0 Å². The first kappa shape index (κ1) is 13.2. The lowest BCUT2D eigenvalue weighted by Gasteiger charge is -2.12. The fourth-order valence-corrected chi connectivity index (χ4v) is 0.698. The number of nitrogens with one attached hydrogen (secondary N) is 1. The lowest BCUT2D eigenvalue weighted by molar-refractivity contribution is -0.122. The Labute approximate surface area is 67.2 Å². The van der Waals surface area contributed by atoms with Gasteiger partial charge in [-0.05, 0) is 14.0 Å². The van der Waals surface area contributed by atoms with Crippen LogP contribution >= 0.6 is 0 Å². The molecule has 0 aliphatic rings. The summed E-state index contributed by atoms with van der Waals surface area (Å²) in [6, 6.07) is -0.444. The van der Waals surface area contributed by atoms with Gasteiger partial charge >= 0.3 is 0 Å². The number of hydrogen-bond donors (Lipinski definition) is 3. The van der Waals surface area contributed by atoms with Gasteiger partial charge in [0.15, 0.2) is 6.29 Å². The molecule has 11 heavy (non-hydrogen) atoms. The number of likely N-dealkylation sites (N-methyl/N-ethyl adjacent to an activating group) is 1. The van der Waals surface area contributed by atoms with Crippen LogP contribution in [0.1, 0.15) is 20.8 Å². The van der Waals surface area contributed by atoms with E-state index in [1.165, 1.54) is 6.92 Å². The summed E-state index contributed by atoms with van der Waals surface area (Å²) in [4.78, 5) is 10.6. The molecule has 0 aliphatic heterocycles. The van der Waals surface area contributed by atoms with Gasteiger partial charge in [-0.3, -0.25) is 4.79 Å². The average Bonchev–Trinajstić information content (AvgIpc) is 1.81. The smallest absolute Gasteiger partial charge is 0.153 e. The van der Waals surface area contributed by atoms with Crippen molar-refractivity contribution in [3.63, 3.8) is 0 Å². The second kappa shape index (κ2) is 6.27. The predicted octanol–water partition coefficient (Wildman–Crippen LogP) is -0.500. The van der Waals surface area contributed by atoms with Crippen molar-refractivity contribution in [1.82, 2.24) is 5.32 Å². The van der Waals surface area contributed by atoms with Crippen LogP contribution < -0.4 is 5.32 Å². The van der Waals surface area contributed by atoms with E-state index < -0.39 is 12.3 Å². The SMILES string of the molecule is C.CNC(CC(O)O)C(C)=O. The molecular weight excluding hydrogens is 146 g/mol. The Kier molecular flexibility index (Phi) is 7.51. The maximum atomic E-state index is 10.6. The zero-order chi connectivity index (χ0) is 8.15. The number of aliphatic hydroxyl groups excluding tert-OH is 1. The van der Waals surface area contributed by atoms with E-state index in [2.05, 4.69) is 5.32 Å². The number of carbonyl (C=O) groups is 1. The normalized spacial score (nSPS) is 12.5. The van der Waals surface area contributed by atoms with Crippen molar-refractivity contribution in [3.8, 4) is 0 Å². The van der Waals surface area contributed by atoms with Gasteiger partial charge in [0.05, 0.1) is 6.04 Å². The summed E-state index contributed by atoms with van der Waals surface area (Å²) in [7, 11) is 1.61. The van der Waals surface area contributed by atoms with E-state index >= 15 is 0 Å². The molecular formula is C7H17NO3. The molecule has 0 aliphatic carbocycles. The van der Waals surface area contributed by atoms with Gasteiger partial charge in [-0.2, -0.15) is 0 Å². The summed E-state index contributed by atoms with van der Waals surface area (Å²) in [6.07, 6.45) is -1.37. The van der Waals surface area contributed by atoms with E-state index in [0.29, 0.717) is 0 Å². The van der Waals surface area contributed by atoms with Crippen LogP contribution in [0.4, 0.5) is 0 Å². The number of aliphatic hydroxyl groups is 2. The molecule has 0 rings (SSSR count). The Morgan fingerprint density at radius 3 is 2.09 bits per heavy atom. The number of rotatable bonds is 4. The lowest BCUT2D eigenvalue weighted by atomic mass is 10.1. The van der Waals surface area contributed by atoms with Gasteiger partial charge in [0.2, 0.25) is 0 Å². The molecule has 0 heterocycles. The molecule has 0 bridgehead atoms. The number of carbonyl (C=O) groups excluding carboxylic acids is 1.